The van der Waals surface area contributed by atoms with Crippen LogP contribution < -0.4 is 0 Å². The van der Waals surface area contributed by atoms with Gasteiger partial charge in [0.05, 0.1) is 16.8 Å². The third-order valence-corrected chi connectivity index (χ3v) is 5.97. The summed E-state index contributed by atoms with van der Waals surface area (Å²) in [7, 11) is 0. The van der Waals surface area contributed by atoms with Crippen LogP contribution in [0.15, 0.2) is 0 Å². The molecule has 0 amide bonds. The van der Waals surface area contributed by atoms with Gasteiger partial charge in [0.2, 0.25) is 0 Å². The molecule has 5 heteroatoms. The highest BCUT2D eigenvalue weighted by molar-refractivity contribution is 8.17. The minimum absolute atomic E-state index is 0.0214. The van der Waals surface area contributed by atoms with E-state index in [-0.39, 0.29) is 18.3 Å². The van der Waals surface area contributed by atoms with Gasteiger partial charge in [0, 0.05) is 6.42 Å². The Morgan fingerprint density at radius 1 is 1.29 bits per heavy atom. The second-order valence-corrected chi connectivity index (χ2v) is 7.98. The second-order valence-electron chi connectivity index (χ2n) is 5.19. The Bertz CT molecular complexity index is 252. The number of aliphatic hydroxyl groups excluding tert-OH is 1. The third kappa shape index (κ3) is 3.77. The van der Waals surface area contributed by atoms with Crippen molar-refractivity contribution in [1.29, 1.82) is 0 Å². The second kappa shape index (κ2) is 5.70. The lowest BCUT2D eigenvalue weighted by Gasteiger charge is -2.29. The lowest BCUT2D eigenvalue weighted by molar-refractivity contribution is -0.147. The molecule has 17 heavy (non-hydrogen) atoms. The molecule has 0 spiro atoms. The van der Waals surface area contributed by atoms with Crippen LogP contribution in [0, 0.1) is 0 Å². The van der Waals surface area contributed by atoms with Crippen molar-refractivity contribution in [3.05, 3.63) is 0 Å². The summed E-state index contributed by atoms with van der Waals surface area (Å²) >= 11 is 3.94. The van der Waals surface area contributed by atoms with Crippen molar-refractivity contribution >= 4 is 23.5 Å². The Morgan fingerprint density at radius 3 is 2.53 bits per heavy atom. The third-order valence-electron chi connectivity index (χ3n) is 2.92. The monoisotopic (exact) mass is 278 g/mol. The summed E-state index contributed by atoms with van der Waals surface area (Å²) in [6.45, 7) is 5.73. The number of ether oxygens (including phenoxy) is 2. The van der Waals surface area contributed by atoms with E-state index in [1.165, 1.54) is 17.9 Å². The van der Waals surface area contributed by atoms with E-state index in [1.54, 1.807) is 0 Å². The van der Waals surface area contributed by atoms with Crippen molar-refractivity contribution in [2.75, 3.05) is 11.5 Å². The standard InChI is InChI=1S/C12H22O3S2/c1-8(13)7-9-10(15-12(2,3)14-9)11-16-5-4-6-17-11/h8-11,13H,4-7H2,1-3H3/t8-,9-,10+/m0/s1. The molecule has 0 bridgehead atoms. The SMILES string of the molecule is C[C@H](O)C[C@@H]1OC(C)(C)O[C@H]1C1SCCCS1. The molecule has 2 fully saturated rings. The smallest absolute Gasteiger partial charge is 0.163 e. The van der Waals surface area contributed by atoms with Gasteiger partial charge in [0.15, 0.2) is 5.79 Å². The first-order valence-corrected chi connectivity index (χ1v) is 8.34. The summed E-state index contributed by atoms with van der Waals surface area (Å²) < 4.78 is 12.4. The van der Waals surface area contributed by atoms with E-state index >= 15 is 0 Å². The Kier molecular flexibility index (Phi) is 4.69. The number of thioether (sulfide) groups is 2. The predicted octanol–water partition coefficient (Wildman–Crippen LogP) is 2.47. The molecule has 0 aromatic rings. The van der Waals surface area contributed by atoms with Crippen LogP contribution in [0.3, 0.4) is 0 Å². The fraction of sp³-hybridized carbons (Fsp3) is 1.00. The van der Waals surface area contributed by atoms with E-state index in [2.05, 4.69) is 0 Å². The highest BCUT2D eigenvalue weighted by Gasteiger charge is 2.46. The number of aliphatic hydroxyl groups is 1. The van der Waals surface area contributed by atoms with Gasteiger partial charge in [0.25, 0.3) is 0 Å². The maximum Gasteiger partial charge on any atom is 0.163 e. The van der Waals surface area contributed by atoms with Gasteiger partial charge in [-0.15, -0.1) is 23.5 Å². The summed E-state index contributed by atoms with van der Waals surface area (Å²) in [5, 5.41) is 9.55. The first-order valence-electron chi connectivity index (χ1n) is 6.25. The first kappa shape index (κ1) is 14.0. The minimum Gasteiger partial charge on any atom is -0.393 e. The van der Waals surface area contributed by atoms with Crippen molar-refractivity contribution in [2.45, 2.75) is 62.3 Å². The molecular formula is C12H22O3S2. The van der Waals surface area contributed by atoms with Crippen LogP contribution in [0.5, 0.6) is 0 Å². The van der Waals surface area contributed by atoms with Crippen molar-refractivity contribution in [2.24, 2.45) is 0 Å². The number of hydrogen-bond acceptors (Lipinski definition) is 5. The number of rotatable bonds is 3. The van der Waals surface area contributed by atoms with Crippen LogP contribution >= 0.6 is 23.5 Å². The van der Waals surface area contributed by atoms with Crippen molar-refractivity contribution < 1.29 is 14.6 Å². The molecule has 2 saturated heterocycles. The Morgan fingerprint density at radius 2 is 1.94 bits per heavy atom. The Balaban J connectivity index is 2.01. The van der Waals surface area contributed by atoms with Gasteiger partial charge >= 0.3 is 0 Å². The zero-order chi connectivity index (χ0) is 12.5. The van der Waals surface area contributed by atoms with Crippen molar-refractivity contribution in [3.63, 3.8) is 0 Å². The zero-order valence-electron chi connectivity index (χ0n) is 10.7. The van der Waals surface area contributed by atoms with E-state index in [9.17, 15) is 5.11 Å². The van der Waals surface area contributed by atoms with Gasteiger partial charge in [0.1, 0.15) is 6.10 Å². The average molecular weight is 278 g/mol. The Labute approximate surface area is 112 Å². The van der Waals surface area contributed by atoms with Crippen LogP contribution in [0.1, 0.15) is 33.6 Å². The molecule has 0 aromatic carbocycles. The van der Waals surface area contributed by atoms with Crippen LogP contribution in [0.2, 0.25) is 0 Å². The first-order chi connectivity index (χ1) is 7.98. The lowest BCUT2D eigenvalue weighted by atomic mass is 10.1. The molecule has 0 saturated carbocycles. The zero-order valence-corrected chi connectivity index (χ0v) is 12.4. The fourth-order valence-electron chi connectivity index (χ4n) is 2.31. The van der Waals surface area contributed by atoms with Crippen LogP contribution in [0.25, 0.3) is 0 Å². The normalized spacial score (nSPS) is 36.0. The Hall–Kier alpha value is 0.580. The summed E-state index contributed by atoms with van der Waals surface area (Å²) in [5.74, 6) is 1.90. The van der Waals surface area contributed by atoms with E-state index in [4.69, 9.17) is 9.47 Å². The van der Waals surface area contributed by atoms with E-state index in [0.717, 1.165) is 0 Å². The molecule has 1 N–H and O–H groups in total. The average Bonchev–Trinajstić information content (AvgIpc) is 2.54. The van der Waals surface area contributed by atoms with Gasteiger partial charge in [-0.25, -0.2) is 0 Å². The maximum atomic E-state index is 9.55. The molecule has 2 aliphatic rings. The molecule has 0 aromatic heterocycles. The molecular weight excluding hydrogens is 256 g/mol. The molecule has 2 aliphatic heterocycles. The molecule has 0 aliphatic carbocycles. The molecule has 3 nitrogen and oxygen atoms in total. The summed E-state index contributed by atoms with van der Waals surface area (Å²) in [4.78, 5) is 0. The van der Waals surface area contributed by atoms with Crippen molar-refractivity contribution in [1.82, 2.24) is 0 Å². The molecule has 0 unspecified atom stereocenters. The summed E-state index contributed by atoms with van der Waals surface area (Å²) in [6, 6.07) is 0. The maximum absolute atomic E-state index is 9.55. The van der Waals surface area contributed by atoms with E-state index in [0.29, 0.717) is 11.0 Å². The topological polar surface area (TPSA) is 38.7 Å². The van der Waals surface area contributed by atoms with Crippen molar-refractivity contribution in [3.8, 4) is 0 Å². The predicted molar refractivity (Wildman–Crippen MR) is 73.4 cm³/mol. The molecule has 0 radical (unpaired) electrons. The highest BCUT2D eigenvalue weighted by atomic mass is 32.2. The molecule has 100 valence electrons. The minimum atomic E-state index is -0.511. The highest BCUT2D eigenvalue weighted by Crippen LogP contribution is 2.42. The van der Waals surface area contributed by atoms with Crippen LogP contribution in [-0.4, -0.2) is 45.3 Å². The van der Waals surface area contributed by atoms with Crippen LogP contribution in [-0.2, 0) is 9.47 Å². The van der Waals surface area contributed by atoms with Gasteiger partial charge in [-0.05, 0) is 38.7 Å². The molecule has 3 atom stereocenters. The fourth-order valence-corrected chi connectivity index (χ4v) is 5.38. The van der Waals surface area contributed by atoms with Gasteiger partial charge in [-0.3, -0.25) is 0 Å². The van der Waals surface area contributed by atoms with E-state index < -0.39 is 5.79 Å². The van der Waals surface area contributed by atoms with E-state index in [1.807, 2.05) is 44.3 Å². The largest absolute Gasteiger partial charge is 0.393 e. The molecule has 2 heterocycles. The number of hydrogen-bond donors (Lipinski definition) is 1. The van der Waals surface area contributed by atoms with Gasteiger partial charge in [-0.2, -0.15) is 0 Å². The van der Waals surface area contributed by atoms with Gasteiger partial charge < -0.3 is 14.6 Å². The summed E-state index contributed by atoms with van der Waals surface area (Å²) in [5.41, 5.74) is 0. The quantitative estimate of drug-likeness (QED) is 0.858. The lowest BCUT2D eigenvalue weighted by Crippen LogP contribution is -2.35. The molecule has 2 rings (SSSR count). The van der Waals surface area contributed by atoms with Gasteiger partial charge in [-0.1, -0.05) is 0 Å². The summed E-state index contributed by atoms with van der Waals surface area (Å²) in [6.07, 6.45) is 1.73. The van der Waals surface area contributed by atoms with Crippen LogP contribution in [0.4, 0.5) is 0 Å².